The van der Waals surface area contributed by atoms with Gasteiger partial charge in [0.1, 0.15) is 6.23 Å². The Labute approximate surface area is 219 Å². The van der Waals surface area contributed by atoms with Gasteiger partial charge in [-0.15, -0.1) is 0 Å². The summed E-state index contributed by atoms with van der Waals surface area (Å²) in [5.41, 5.74) is 7.95. The highest BCUT2D eigenvalue weighted by Gasteiger charge is 2.24. The van der Waals surface area contributed by atoms with E-state index in [0.29, 0.717) is 30.5 Å². The van der Waals surface area contributed by atoms with Crippen molar-refractivity contribution in [1.29, 1.82) is 0 Å². The maximum atomic E-state index is 11.8. The fourth-order valence-corrected chi connectivity index (χ4v) is 5.72. The molecule has 0 aliphatic heterocycles. The third kappa shape index (κ3) is 7.05. The van der Waals surface area contributed by atoms with Crippen LogP contribution in [-0.2, 0) is 16.4 Å². The molecular formula is C29H35N3O4S. The molecule has 0 saturated heterocycles. The van der Waals surface area contributed by atoms with Crippen LogP contribution in [-0.4, -0.2) is 37.9 Å². The van der Waals surface area contributed by atoms with E-state index in [2.05, 4.69) is 65.6 Å². The number of anilines is 1. The highest BCUT2D eigenvalue weighted by molar-refractivity contribution is 7.90. The Balaban J connectivity index is 1.34. The molecule has 0 radical (unpaired) electrons. The van der Waals surface area contributed by atoms with Gasteiger partial charge in [0, 0.05) is 12.8 Å². The lowest BCUT2D eigenvalue weighted by molar-refractivity contribution is -0.0152. The SMILES string of the molecule is C=Nc1cc(S(C)(=O)=O)ccc1NCc1ccc(-c2ccc(C3CCC(CC(O)NO)CC3)cc2)cc1. The number of sulfone groups is 1. The average molecular weight is 522 g/mol. The monoisotopic (exact) mass is 521 g/mol. The maximum absolute atomic E-state index is 11.8. The van der Waals surface area contributed by atoms with Crippen LogP contribution >= 0.6 is 0 Å². The van der Waals surface area contributed by atoms with Crippen molar-refractivity contribution in [1.82, 2.24) is 5.48 Å². The second kappa shape index (κ2) is 12.0. The Morgan fingerprint density at radius 3 is 2.16 bits per heavy atom. The standard InChI is InChI=1S/C29H35N3O4S/c1-30-28-18-26(37(2,35)36)15-16-27(28)31-19-21-5-9-23(10-6-21)25-13-11-24(12-14-25)22-7-3-20(4-8-22)17-29(33)32-34/h5-6,9-16,18,20,22,29,31-34H,1,3-4,7-8,17,19H2,2H3. The van der Waals surface area contributed by atoms with Crippen molar-refractivity contribution in [3.63, 3.8) is 0 Å². The van der Waals surface area contributed by atoms with E-state index in [1.807, 2.05) is 5.48 Å². The van der Waals surface area contributed by atoms with Crippen LogP contribution < -0.4 is 10.8 Å². The summed E-state index contributed by atoms with van der Waals surface area (Å²) in [6, 6.07) is 22.0. The van der Waals surface area contributed by atoms with Gasteiger partial charge in [-0.1, -0.05) is 48.5 Å². The zero-order chi connectivity index (χ0) is 26.4. The van der Waals surface area contributed by atoms with Crippen LogP contribution in [0.15, 0.2) is 76.6 Å². The zero-order valence-electron chi connectivity index (χ0n) is 21.1. The van der Waals surface area contributed by atoms with Crippen molar-refractivity contribution in [2.24, 2.45) is 10.9 Å². The van der Waals surface area contributed by atoms with E-state index in [-0.39, 0.29) is 4.90 Å². The fourth-order valence-electron chi connectivity index (χ4n) is 5.08. The van der Waals surface area contributed by atoms with Crippen LogP contribution in [0.25, 0.3) is 11.1 Å². The molecule has 1 saturated carbocycles. The molecule has 37 heavy (non-hydrogen) atoms. The Morgan fingerprint density at radius 1 is 0.973 bits per heavy atom. The van der Waals surface area contributed by atoms with Crippen molar-refractivity contribution in [3.05, 3.63) is 77.9 Å². The molecule has 1 atom stereocenters. The van der Waals surface area contributed by atoms with Gasteiger partial charge >= 0.3 is 0 Å². The molecule has 0 amide bonds. The molecule has 1 aliphatic carbocycles. The first-order chi connectivity index (χ1) is 17.8. The van der Waals surface area contributed by atoms with E-state index in [1.54, 1.807) is 12.1 Å². The van der Waals surface area contributed by atoms with Gasteiger partial charge in [0.05, 0.1) is 16.3 Å². The molecule has 196 valence electrons. The number of aliphatic imine (C=N–C) groups is 1. The van der Waals surface area contributed by atoms with E-state index in [1.165, 1.54) is 23.4 Å². The summed E-state index contributed by atoms with van der Waals surface area (Å²) in [7, 11) is -3.30. The Morgan fingerprint density at radius 2 is 1.59 bits per heavy atom. The lowest BCUT2D eigenvalue weighted by Gasteiger charge is -2.29. The second-order valence-electron chi connectivity index (χ2n) is 9.88. The minimum Gasteiger partial charge on any atom is -0.379 e. The number of nitrogens with one attached hydrogen (secondary N) is 2. The topological polar surface area (TPSA) is 111 Å². The number of aliphatic hydroxyl groups is 1. The third-order valence-electron chi connectivity index (χ3n) is 7.27. The van der Waals surface area contributed by atoms with E-state index < -0.39 is 16.1 Å². The van der Waals surface area contributed by atoms with E-state index >= 15 is 0 Å². The summed E-state index contributed by atoms with van der Waals surface area (Å²) >= 11 is 0. The molecule has 8 heteroatoms. The Hall–Kier alpha value is -3.04. The van der Waals surface area contributed by atoms with Crippen LogP contribution in [0.2, 0.25) is 0 Å². The fraction of sp³-hybridized carbons (Fsp3) is 0.345. The predicted molar refractivity (Wildman–Crippen MR) is 148 cm³/mol. The first-order valence-electron chi connectivity index (χ1n) is 12.6. The number of aliphatic hydroxyl groups excluding tert-OH is 1. The summed E-state index contributed by atoms with van der Waals surface area (Å²) < 4.78 is 23.6. The molecule has 0 aromatic heterocycles. The largest absolute Gasteiger partial charge is 0.379 e. The molecule has 3 aromatic carbocycles. The second-order valence-corrected chi connectivity index (χ2v) is 11.9. The normalized spacial score (nSPS) is 18.8. The van der Waals surface area contributed by atoms with Crippen LogP contribution in [0.3, 0.4) is 0 Å². The molecule has 1 fully saturated rings. The summed E-state index contributed by atoms with van der Waals surface area (Å²) in [6.45, 7) is 4.14. The van der Waals surface area contributed by atoms with Gasteiger partial charge in [0.25, 0.3) is 0 Å². The number of nitrogens with zero attached hydrogens (tertiary/aromatic N) is 1. The molecule has 4 N–H and O–H groups in total. The molecule has 4 rings (SSSR count). The number of hydroxylamine groups is 1. The lowest BCUT2D eigenvalue weighted by Crippen LogP contribution is -2.29. The minimum absolute atomic E-state index is 0.221. The highest BCUT2D eigenvalue weighted by Crippen LogP contribution is 2.38. The average Bonchev–Trinajstić information content (AvgIpc) is 2.92. The third-order valence-corrected chi connectivity index (χ3v) is 8.38. The summed E-state index contributed by atoms with van der Waals surface area (Å²) in [5.74, 6) is 0.990. The molecular weight excluding hydrogens is 486 g/mol. The van der Waals surface area contributed by atoms with Crippen LogP contribution in [0.4, 0.5) is 11.4 Å². The Bertz CT molecular complexity index is 1300. The number of hydrogen-bond acceptors (Lipinski definition) is 7. The van der Waals surface area contributed by atoms with Crippen LogP contribution in [0.5, 0.6) is 0 Å². The Kier molecular flexibility index (Phi) is 8.76. The van der Waals surface area contributed by atoms with Gasteiger partial charge in [-0.3, -0.25) is 4.99 Å². The number of rotatable bonds is 10. The van der Waals surface area contributed by atoms with Crippen molar-refractivity contribution >= 4 is 27.9 Å². The highest BCUT2D eigenvalue weighted by atomic mass is 32.2. The summed E-state index contributed by atoms with van der Waals surface area (Å²) in [6.07, 6.45) is 5.26. The van der Waals surface area contributed by atoms with Gasteiger partial charge < -0.3 is 15.6 Å². The molecule has 7 nitrogen and oxygen atoms in total. The van der Waals surface area contributed by atoms with E-state index in [4.69, 9.17) is 5.21 Å². The minimum atomic E-state index is -3.30. The van der Waals surface area contributed by atoms with Gasteiger partial charge in [-0.05, 0) is 91.1 Å². The van der Waals surface area contributed by atoms with Crippen molar-refractivity contribution in [3.8, 4) is 11.1 Å². The van der Waals surface area contributed by atoms with Crippen molar-refractivity contribution in [2.45, 2.75) is 55.7 Å². The van der Waals surface area contributed by atoms with E-state index in [0.717, 1.165) is 42.5 Å². The number of benzene rings is 3. The maximum Gasteiger partial charge on any atom is 0.175 e. The molecule has 3 aromatic rings. The molecule has 1 unspecified atom stereocenters. The predicted octanol–water partition coefficient (Wildman–Crippen LogP) is 5.66. The molecule has 0 bridgehead atoms. The quantitative estimate of drug-likeness (QED) is 0.156. The summed E-state index contributed by atoms with van der Waals surface area (Å²) in [5, 5.41) is 21.7. The van der Waals surface area contributed by atoms with Gasteiger partial charge in [0.2, 0.25) is 0 Å². The first-order valence-corrected chi connectivity index (χ1v) is 14.5. The van der Waals surface area contributed by atoms with Crippen LogP contribution in [0, 0.1) is 5.92 Å². The number of hydrogen-bond donors (Lipinski definition) is 4. The van der Waals surface area contributed by atoms with Gasteiger partial charge in [0.15, 0.2) is 9.84 Å². The molecule has 0 spiro atoms. The van der Waals surface area contributed by atoms with Crippen molar-refractivity contribution < 1.29 is 18.7 Å². The van der Waals surface area contributed by atoms with Gasteiger partial charge in [-0.2, -0.15) is 5.48 Å². The molecule has 1 aliphatic rings. The van der Waals surface area contributed by atoms with Crippen molar-refractivity contribution in [2.75, 3.05) is 11.6 Å². The van der Waals surface area contributed by atoms with E-state index in [9.17, 15) is 13.5 Å². The smallest absolute Gasteiger partial charge is 0.175 e. The van der Waals surface area contributed by atoms with Gasteiger partial charge in [-0.25, -0.2) is 8.42 Å². The molecule has 0 heterocycles. The van der Waals surface area contributed by atoms with Crippen LogP contribution in [0.1, 0.15) is 49.1 Å². The lowest BCUT2D eigenvalue weighted by atomic mass is 9.77. The zero-order valence-corrected chi connectivity index (χ0v) is 21.9. The summed E-state index contributed by atoms with van der Waals surface area (Å²) in [4.78, 5) is 4.19. The first kappa shape index (κ1) is 27.0.